The SMILES string of the molecule is CC(C)(C)OC(=O)N1CCN(C(=O)OC(C)(C)C)CCN(c2nc(CCc3ccccc3)nc(N3CCN(C(=O)OC(C)(C)C)CCN(C(=O)OC(C)(C)C)CCN(C(=O)OC(C)(C)C)CC3)n2)CCN(C(=O)OC(C)(C)C)CC1. The van der Waals surface area contributed by atoms with E-state index in [9.17, 15) is 28.8 Å². The van der Waals surface area contributed by atoms with Gasteiger partial charge in [0.1, 0.15) is 39.4 Å². The number of anilines is 2. The van der Waals surface area contributed by atoms with Gasteiger partial charge >= 0.3 is 36.6 Å². The summed E-state index contributed by atoms with van der Waals surface area (Å²) in [4.78, 5) is 112. The number of carbonyl (C=O) groups is 6. The van der Waals surface area contributed by atoms with E-state index in [0.29, 0.717) is 18.7 Å². The molecule has 0 radical (unpaired) electrons. The molecule has 2 aromatic rings. The van der Waals surface area contributed by atoms with Gasteiger partial charge in [0.2, 0.25) is 11.9 Å². The van der Waals surface area contributed by atoms with Crippen LogP contribution in [0.4, 0.5) is 40.7 Å². The summed E-state index contributed by atoms with van der Waals surface area (Å²) in [6.07, 6.45) is -2.60. The first-order valence-electron chi connectivity index (χ1n) is 28.0. The lowest BCUT2D eigenvalue weighted by Crippen LogP contribution is -2.52. The van der Waals surface area contributed by atoms with Crippen LogP contribution in [0.1, 0.15) is 136 Å². The van der Waals surface area contributed by atoms with Crippen LogP contribution in [0.15, 0.2) is 30.3 Å². The third-order valence-corrected chi connectivity index (χ3v) is 11.7. The van der Waals surface area contributed by atoms with E-state index in [1.54, 1.807) is 125 Å². The fourth-order valence-corrected chi connectivity index (χ4v) is 7.97. The zero-order valence-corrected chi connectivity index (χ0v) is 51.4. The maximum Gasteiger partial charge on any atom is 0.410 e. The second kappa shape index (κ2) is 27.7. The van der Waals surface area contributed by atoms with Gasteiger partial charge in [-0.1, -0.05) is 30.3 Å². The molecule has 4 rings (SSSR count). The van der Waals surface area contributed by atoms with Gasteiger partial charge in [0.05, 0.1) is 0 Å². The molecule has 450 valence electrons. The second-order valence-electron chi connectivity index (χ2n) is 26.1. The average Bonchev–Trinajstić information content (AvgIpc) is 3.28. The van der Waals surface area contributed by atoms with E-state index in [0.717, 1.165) is 5.56 Å². The highest BCUT2D eigenvalue weighted by atomic mass is 16.6. The molecule has 0 unspecified atom stereocenters. The van der Waals surface area contributed by atoms with Gasteiger partial charge < -0.3 is 67.6 Å². The monoisotopic (exact) mass is 1130 g/mol. The van der Waals surface area contributed by atoms with Crippen molar-refractivity contribution in [2.24, 2.45) is 0 Å². The summed E-state index contributed by atoms with van der Waals surface area (Å²) in [5.41, 5.74) is -3.94. The first-order valence-corrected chi connectivity index (χ1v) is 28.0. The topological polar surface area (TPSA) is 222 Å². The number of ether oxygens (including phenoxy) is 6. The van der Waals surface area contributed by atoms with Gasteiger partial charge in [0, 0.05) is 111 Å². The van der Waals surface area contributed by atoms with E-state index in [4.69, 9.17) is 43.4 Å². The number of benzene rings is 1. The predicted octanol–water partition coefficient (Wildman–Crippen LogP) is 8.72. The molecule has 3 heterocycles. The van der Waals surface area contributed by atoms with Gasteiger partial charge in [-0.3, -0.25) is 0 Å². The Morgan fingerprint density at radius 1 is 0.325 bits per heavy atom. The highest BCUT2D eigenvalue weighted by Crippen LogP contribution is 2.22. The van der Waals surface area contributed by atoms with E-state index < -0.39 is 70.2 Å². The van der Waals surface area contributed by atoms with Crippen LogP contribution in [0.2, 0.25) is 0 Å². The third-order valence-electron chi connectivity index (χ3n) is 11.7. The van der Waals surface area contributed by atoms with E-state index in [2.05, 4.69) is 0 Å². The van der Waals surface area contributed by atoms with E-state index in [-0.39, 0.29) is 117 Å². The molecule has 2 aliphatic heterocycles. The normalized spacial score (nSPS) is 16.8. The number of hydrogen-bond donors (Lipinski definition) is 0. The molecule has 1 aromatic heterocycles. The molecule has 0 aliphatic carbocycles. The Balaban J connectivity index is 1.91. The lowest BCUT2D eigenvalue weighted by molar-refractivity contribution is 0.00797. The maximum atomic E-state index is 14.1. The van der Waals surface area contributed by atoms with Gasteiger partial charge in [-0.05, 0) is 137 Å². The Morgan fingerprint density at radius 3 is 0.750 bits per heavy atom. The van der Waals surface area contributed by atoms with Gasteiger partial charge in [-0.2, -0.15) is 15.0 Å². The smallest absolute Gasteiger partial charge is 0.410 e. The van der Waals surface area contributed by atoms with Crippen molar-refractivity contribution in [2.45, 2.75) is 171 Å². The van der Waals surface area contributed by atoms with Crippen LogP contribution < -0.4 is 9.80 Å². The van der Waals surface area contributed by atoms with Crippen molar-refractivity contribution in [1.29, 1.82) is 0 Å². The molecule has 2 aliphatic rings. The van der Waals surface area contributed by atoms with E-state index in [1.807, 2.05) is 40.1 Å². The Bertz CT molecular complexity index is 2140. The highest BCUT2D eigenvalue weighted by Gasteiger charge is 2.34. The summed E-state index contributed by atoms with van der Waals surface area (Å²) in [7, 11) is 0. The largest absolute Gasteiger partial charge is 0.444 e. The molecule has 80 heavy (non-hydrogen) atoms. The van der Waals surface area contributed by atoms with Gasteiger partial charge in [0.25, 0.3) is 0 Å². The van der Waals surface area contributed by atoms with Crippen molar-refractivity contribution in [2.75, 3.05) is 115 Å². The number of rotatable bonds is 5. The minimum Gasteiger partial charge on any atom is -0.444 e. The lowest BCUT2D eigenvalue weighted by atomic mass is 10.1. The molecule has 2 saturated heterocycles. The number of carbonyl (C=O) groups excluding carboxylic acids is 6. The minimum absolute atomic E-state index is 0.0600. The molecule has 23 heteroatoms. The Kier molecular flexibility index (Phi) is 22.9. The summed E-state index contributed by atoms with van der Waals surface area (Å²) in [5.74, 6) is 0.921. The molecule has 23 nitrogen and oxygen atoms in total. The molecule has 1 aromatic carbocycles. The highest BCUT2D eigenvalue weighted by molar-refractivity contribution is 5.72. The Labute approximate surface area is 475 Å². The number of amides is 6. The number of aryl methyl sites for hydroxylation is 2. The molecule has 6 amide bonds. The number of nitrogens with zero attached hydrogens (tertiary/aromatic N) is 11. The number of aromatic nitrogens is 3. The van der Waals surface area contributed by atoms with Crippen molar-refractivity contribution >= 4 is 48.5 Å². The molecule has 2 fully saturated rings. The van der Waals surface area contributed by atoms with Crippen LogP contribution in [0.5, 0.6) is 0 Å². The van der Waals surface area contributed by atoms with Crippen molar-refractivity contribution in [3.63, 3.8) is 0 Å². The van der Waals surface area contributed by atoms with Crippen molar-refractivity contribution in [3.05, 3.63) is 41.7 Å². The van der Waals surface area contributed by atoms with Crippen LogP contribution in [-0.4, -0.2) is 219 Å². The second-order valence-corrected chi connectivity index (χ2v) is 26.1. The van der Waals surface area contributed by atoms with Crippen LogP contribution in [-0.2, 0) is 41.3 Å². The van der Waals surface area contributed by atoms with E-state index >= 15 is 0 Å². The van der Waals surface area contributed by atoms with Crippen LogP contribution in [0.3, 0.4) is 0 Å². The van der Waals surface area contributed by atoms with Crippen molar-refractivity contribution in [3.8, 4) is 0 Å². The predicted molar refractivity (Wildman–Crippen MR) is 305 cm³/mol. The van der Waals surface area contributed by atoms with E-state index in [1.165, 1.54) is 29.4 Å². The fraction of sp³-hybridized carbons (Fsp3) is 0.737. The molecule has 0 spiro atoms. The zero-order chi connectivity index (χ0) is 60.0. The lowest BCUT2D eigenvalue weighted by Gasteiger charge is -2.36. The first-order chi connectivity index (χ1) is 36.8. The Morgan fingerprint density at radius 2 is 0.537 bits per heavy atom. The summed E-state index contributed by atoms with van der Waals surface area (Å²) in [6.45, 7) is 33.4. The first kappa shape index (κ1) is 66.0. The van der Waals surface area contributed by atoms with Gasteiger partial charge in [0.15, 0.2) is 0 Å². The molecule has 0 saturated carbocycles. The van der Waals surface area contributed by atoms with Crippen LogP contribution >= 0.6 is 0 Å². The van der Waals surface area contributed by atoms with Crippen LogP contribution in [0, 0.1) is 0 Å². The third kappa shape index (κ3) is 24.4. The number of hydrogen-bond acceptors (Lipinski definition) is 17. The quantitative estimate of drug-likeness (QED) is 0.255. The molecule has 0 bridgehead atoms. The molecule has 0 atom stereocenters. The standard InChI is InChI=1S/C57H95N11O12/c1-52(2,3)75-46(69)63-30-26-61(27-31-64(47(70)76-53(4,5)6)35-39-67(38-34-63)50(73)79-56(13,14)15)44-58-43(25-24-42-22-20-19-21-23-42)59-45(60-44)62-28-32-65(48(71)77-54(7,8)9)36-40-68(51(74)80-57(16,17)18)41-37-66(33-29-62)49(72)78-55(10,11)12/h19-23H,24-41H2,1-18H3. The Hall–Kier alpha value is -6.55. The zero-order valence-electron chi connectivity index (χ0n) is 51.4. The van der Waals surface area contributed by atoms with Crippen LogP contribution in [0.25, 0.3) is 0 Å². The summed E-state index contributed by atoms with van der Waals surface area (Å²) in [6, 6.07) is 9.92. The fourth-order valence-electron chi connectivity index (χ4n) is 7.97. The van der Waals surface area contributed by atoms with Gasteiger partial charge in [-0.25, -0.2) is 28.8 Å². The van der Waals surface area contributed by atoms with Crippen molar-refractivity contribution < 1.29 is 57.2 Å². The molecular formula is C57H95N11O12. The maximum absolute atomic E-state index is 14.1. The molecule has 0 N–H and O–H groups in total. The average molecular weight is 1130 g/mol. The molecular weight excluding hydrogens is 1030 g/mol. The summed E-state index contributed by atoms with van der Waals surface area (Å²) < 4.78 is 35.3. The summed E-state index contributed by atoms with van der Waals surface area (Å²) in [5, 5.41) is 0. The summed E-state index contributed by atoms with van der Waals surface area (Å²) >= 11 is 0. The minimum atomic E-state index is -0.840. The van der Waals surface area contributed by atoms with Gasteiger partial charge in [-0.15, -0.1) is 0 Å². The van der Waals surface area contributed by atoms with Crippen molar-refractivity contribution in [1.82, 2.24) is 44.4 Å².